The minimum Gasteiger partial charge on any atom is -0.477 e. The molecule has 3 nitrogen and oxygen atoms in total. The summed E-state index contributed by atoms with van der Waals surface area (Å²) in [7, 11) is 0. The summed E-state index contributed by atoms with van der Waals surface area (Å²) in [4.78, 5) is 14.3. The lowest BCUT2D eigenvalue weighted by Crippen LogP contribution is -2.07. The third-order valence-electron chi connectivity index (χ3n) is 1.66. The number of aromatic nitrogens is 1. The lowest BCUT2D eigenvalue weighted by molar-refractivity contribution is 0.0688. The van der Waals surface area contributed by atoms with Crippen molar-refractivity contribution < 1.29 is 18.7 Å². The topological polar surface area (TPSA) is 50.2 Å². The van der Waals surface area contributed by atoms with Gasteiger partial charge in [0, 0.05) is 5.33 Å². The van der Waals surface area contributed by atoms with Gasteiger partial charge in [-0.25, -0.2) is 18.6 Å². The molecule has 0 spiro atoms. The van der Waals surface area contributed by atoms with Crippen molar-refractivity contribution in [3.05, 3.63) is 27.5 Å². The molecule has 0 aliphatic carbocycles. The van der Waals surface area contributed by atoms with Gasteiger partial charge in [0.1, 0.15) is 4.60 Å². The van der Waals surface area contributed by atoms with Gasteiger partial charge in [0.05, 0.1) is 5.56 Å². The number of pyridine rings is 1. The number of hydrogen-bond acceptors (Lipinski definition) is 2. The standard InChI is InChI=1S/C8H5Br2F2NO2/c9-2-3-1-4(7(11)12)6(10)13-5(3)8(14)15/h1,7H,2H2,(H,14,15). The number of aromatic carboxylic acids is 1. The fourth-order valence-corrected chi connectivity index (χ4v) is 1.88. The number of carboxylic acids is 1. The predicted molar refractivity (Wildman–Crippen MR) is 56.5 cm³/mol. The van der Waals surface area contributed by atoms with E-state index < -0.39 is 12.4 Å². The molecule has 82 valence electrons. The summed E-state index contributed by atoms with van der Waals surface area (Å²) in [5.74, 6) is -1.24. The van der Waals surface area contributed by atoms with Crippen molar-refractivity contribution in [3.8, 4) is 0 Å². The molecule has 0 bridgehead atoms. The van der Waals surface area contributed by atoms with Crippen molar-refractivity contribution in [3.63, 3.8) is 0 Å². The molecule has 1 rings (SSSR count). The van der Waals surface area contributed by atoms with Crippen LogP contribution in [0.25, 0.3) is 0 Å². The van der Waals surface area contributed by atoms with E-state index >= 15 is 0 Å². The van der Waals surface area contributed by atoms with Gasteiger partial charge in [-0.2, -0.15) is 0 Å². The first-order chi connectivity index (χ1) is 6.97. The monoisotopic (exact) mass is 343 g/mol. The summed E-state index contributed by atoms with van der Waals surface area (Å²) in [6, 6.07) is 1.12. The number of carbonyl (C=O) groups is 1. The maximum Gasteiger partial charge on any atom is 0.354 e. The normalized spacial score (nSPS) is 10.7. The van der Waals surface area contributed by atoms with Gasteiger partial charge in [-0.15, -0.1) is 0 Å². The van der Waals surface area contributed by atoms with Gasteiger partial charge in [0.2, 0.25) is 0 Å². The molecule has 0 atom stereocenters. The average Bonchev–Trinajstić information content (AvgIpc) is 2.16. The molecule has 0 aliphatic rings. The van der Waals surface area contributed by atoms with E-state index in [-0.39, 0.29) is 26.8 Å². The summed E-state index contributed by atoms with van der Waals surface area (Å²) < 4.78 is 24.7. The zero-order valence-electron chi connectivity index (χ0n) is 7.18. The van der Waals surface area contributed by atoms with Crippen molar-refractivity contribution in [1.82, 2.24) is 4.98 Å². The Morgan fingerprint density at radius 1 is 1.60 bits per heavy atom. The first-order valence-corrected chi connectivity index (χ1v) is 5.65. The molecule has 0 fully saturated rings. The van der Waals surface area contributed by atoms with Crippen LogP contribution in [0.4, 0.5) is 8.78 Å². The number of rotatable bonds is 3. The van der Waals surface area contributed by atoms with Gasteiger partial charge in [-0.3, -0.25) is 0 Å². The van der Waals surface area contributed by atoms with Gasteiger partial charge >= 0.3 is 5.97 Å². The van der Waals surface area contributed by atoms with Crippen molar-refractivity contribution >= 4 is 37.8 Å². The molecule has 0 saturated carbocycles. The molecule has 7 heteroatoms. The second kappa shape index (κ2) is 4.98. The SMILES string of the molecule is O=C(O)c1nc(Br)c(C(F)F)cc1CBr. The molecule has 0 aromatic carbocycles. The van der Waals surface area contributed by atoms with Crippen LogP contribution < -0.4 is 0 Å². The van der Waals surface area contributed by atoms with Crippen LogP contribution in [0, 0.1) is 0 Å². The zero-order chi connectivity index (χ0) is 11.6. The molecule has 15 heavy (non-hydrogen) atoms. The maximum atomic E-state index is 12.4. The van der Waals surface area contributed by atoms with Crippen LogP contribution in [0.2, 0.25) is 0 Å². The minimum absolute atomic E-state index is 0.139. The summed E-state index contributed by atoms with van der Waals surface area (Å²) in [6.07, 6.45) is -2.69. The predicted octanol–water partition coefficient (Wildman–Crippen LogP) is 3.37. The summed E-state index contributed by atoms with van der Waals surface area (Å²) in [6.45, 7) is 0. The average molecular weight is 345 g/mol. The van der Waals surface area contributed by atoms with E-state index in [0.717, 1.165) is 6.07 Å². The number of hydrogen-bond donors (Lipinski definition) is 1. The molecule has 0 unspecified atom stereocenters. The number of halogens is 4. The molecule has 0 aliphatic heterocycles. The Bertz CT molecular complexity index is 398. The minimum atomic E-state index is -2.69. The molecule has 1 N–H and O–H groups in total. The summed E-state index contributed by atoms with van der Waals surface area (Å²) >= 11 is 5.83. The second-order valence-electron chi connectivity index (χ2n) is 2.62. The van der Waals surface area contributed by atoms with Crippen LogP contribution in [-0.2, 0) is 5.33 Å². The lowest BCUT2D eigenvalue weighted by atomic mass is 10.1. The van der Waals surface area contributed by atoms with E-state index in [2.05, 4.69) is 36.8 Å². The molecular weight excluding hydrogens is 340 g/mol. The first kappa shape index (κ1) is 12.5. The van der Waals surface area contributed by atoms with Crippen LogP contribution >= 0.6 is 31.9 Å². The highest BCUT2D eigenvalue weighted by molar-refractivity contribution is 9.10. The van der Waals surface area contributed by atoms with Crippen molar-refractivity contribution in [2.45, 2.75) is 11.8 Å². The smallest absolute Gasteiger partial charge is 0.354 e. The van der Waals surface area contributed by atoms with Gasteiger partial charge in [-0.1, -0.05) is 15.9 Å². The Kier molecular flexibility index (Phi) is 4.15. The van der Waals surface area contributed by atoms with E-state index in [4.69, 9.17) is 5.11 Å². The Hall–Kier alpha value is -0.560. The second-order valence-corrected chi connectivity index (χ2v) is 3.93. The highest BCUT2D eigenvalue weighted by Crippen LogP contribution is 2.28. The number of nitrogens with zero attached hydrogens (tertiary/aromatic N) is 1. The Labute approximate surface area is 101 Å². The van der Waals surface area contributed by atoms with Crippen LogP contribution in [-0.4, -0.2) is 16.1 Å². The van der Waals surface area contributed by atoms with Gasteiger partial charge in [0.25, 0.3) is 6.43 Å². The molecule has 1 aromatic rings. The van der Waals surface area contributed by atoms with Crippen molar-refractivity contribution in [2.75, 3.05) is 0 Å². The van der Waals surface area contributed by atoms with Gasteiger partial charge in [0.15, 0.2) is 5.69 Å². The molecular formula is C8H5Br2F2NO2. The highest BCUT2D eigenvalue weighted by Gasteiger charge is 2.19. The number of alkyl halides is 3. The first-order valence-electron chi connectivity index (χ1n) is 3.74. The van der Waals surface area contributed by atoms with Crippen molar-refractivity contribution in [2.24, 2.45) is 0 Å². The summed E-state index contributed by atoms with van der Waals surface area (Å²) in [5.41, 5.74) is -0.321. The van der Waals surface area contributed by atoms with Gasteiger partial charge in [-0.05, 0) is 27.6 Å². The Morgan fingerprint density at radius 2 is 2.20 bits per heavy atom. The van der Waals surface area contributed by atoms with Crippen LogP contribution in [0.15, 0.2) is 10.7 Å². The van der Waals surface area contributed by atoms with Crippen molar-refractivity contribution in [1.29, 1.82) is 0 Å². The zero-order valence-corrected chi connectivity index (χ0v) is 10.3. The van der Waals surface area contributed by atoms with E-state index in [1.165, 1.54) is 0 Å². The Morgan fingerprint density at radius 3 is 2.60 bits per heavy atom. The van der Waals surface area contributed by atoms with Gasteiger partial charge < -0.3 is 5.11 Å². The molecule has 0 saturated heterocycles. The third kappa shape index (κ3) is 2.72. The molecule has 0 amide bonds. The Balaban J connectivity index is 3.35. The molecule has 1 aromatic heterocycles. The van der Waals surface area contributed by atoms with E-state index in [1.54, 1.807) is 0 Å². The lowest BCUT2D eigenvalue weighted by Gasteiger charge is -2.07. The maximum absolute atomic E-state index is 12.4. The van der Waals surface area contributed by atoms with E-state index in [9.17, 15) is 13.6 Å². The highest BCUT2D eigenvalue weighted by atomic mass is 79.9. The number of carboxylic acid groups (broad SMARTS) is 1. The quantitative estimate of drug-likeness (QED) is 0.675. The van der Waals surface area contributed by atoms with Crippen LogP contribution in [0.1, 0.15) is 28.0 Å². The summed E-state index contributed by atoms with van der Waals surface area (Å²) in [5, 5.41) is 8.92. The largest absolute Gasteiger partial charge is 0.477 e. The van der Waals surface area contributed by atoms with E-state index in [0.29, 0.717) is 0 Å². The molecule has 1 heterocycles. The fraction of sp³-hybridized carbons (Fsp3) is 0.250. The third-order valence-corrected chi connectivity index (χ3v) is 2.90. The van der Waals surface area contributed by atoms with E-state index in [1.807, 2.05) is 0 Å². The van der Waals surface area contributed by atoms with Crippen LogP contribution in [0.3, 0.4) is 0 Å². The van der Waals surface area contributed by atoms with Crippen LogP contribution in [0.5, 0.6) is 0 Å². The molecule has 0 radical (unpaired) electrons. The fourth-order valence-electron chi connectivity index (χ4n) is 0.990.